The zero-order chi connectivity index (χ0) is 20.5. The predicted octanol–water partition coefficient (Wildman–Crippen LogP) is 2.94. The first-order valence-electron chi connectivity index (χ1n) is 9.03. The number of imidazole rings is 1. The number of carbonyl (C=O) groups excluding carboxylic acids is 3. The van der Waals surface area contributed by atoms with Crippen LogP contribution in [0.15, 0.2) is 23.4 Å². The fourth-order valence-corrected chi connectivity index (χ4v) is 3.94. The molecule has 3 rings (SSSR count). The molecule has 10 heteroatoms. The lowest BCUT2D eigenvalue weighted by Crippen LogP contribution is -2.49. The van der Waals surface area contributed by atoms with Crippen LogP contribution in [0.3, 0.4) is 0 Å². The molecule has 1 aromatic carbocycles. The first-order chi connectivity index (χ1) is 13.3. The second-order valence-corrected chi connectivity index (χ2v) is 8.14. The van der Waals surface area contributed by atoms with E-state index in [1.807, 2.05) is 10.6 Å². The summed E-state index contributed by atoms with van der Waals surface area (Å²) in [6, 6.07) is 4.87. The van der Waals surface area contributed by atoms with Crippen LogP contribution < -0.4 is 10.7 Å². The largest absolute Gasteiger partial charge is 0.344 e. The van der Waals surface area contributed by atoms with Crippen molar-refractivity contribution < 1.29 is 14.4 Å². The summed E-state index contributed by atoms with van der Waals surface area (Å²) in [5.74, 6) is -0.908. The number of amides is 4. The summed E-state index contributed by atoms with van der Waals surface area (Å²) in [5.41, 5.74) is 3.10. The Balaban J connectivity index is 1.70. The van der Waals surface area contributed by atoms with Gasteiger partial charge in [-0.05, 0) is 38.0 Å². The second-order valence-electron chi connectivity index (χ2n) is 6.76. The van der Waals surface area contributed by atoms with E-state index in [0.717, 1.165) is 29.0 Å². The summed E-state index contributed by atoms with van der Waals surface area (Å²) in [7, 11) is 0. The van der Waals surface area contributed by atoms with Crippen molar-refractivity contribution in [3.63, 3.8) is 0 Å². The van der Waals surface area contributed by atoms with Crippen LogP contribution in [0.1, 0.15) is 33.6 Å². The van der Waals surface area contributed by atoms with Crippen LogP contribution in [0, 0.1) is 0 Å². The van der Waals surface area contributed by atoms with E-state index in [2.05, 4.69) is 22.7 Å². The van der Waals surface area contributed by atoms with Gasteiger partial charge in [-0.3, -0.25) is 15.0 Å². The summed E-state index contributed by atoms with van der Waals surface area (Å²) in [5, 5.41) is 4.63. The third kappa shape index (κ3) is 3.81. The molecule has 2 aromatic rings. The van der Waals surface area contributed by atoms with Gasteiger partial charge in [0.1, 0.15) is 5.54 Å². The van der Waals surface area contributed by atoms with Gasteiger partial charge in [-0.15, -0.1) is 0 Å². The van der Waals surface area contributed by atoms with Gasteiger partial charge in [0.2, 0.25) is 5.91 Å². The Kier molecular flexibility index (Phi) is 5.85. The van der Waals surface area contributed by atoms with Gasteiger partial charge < -0.3 is 9.88 Å². The van der Waals surface area contributed by atoms with Crippen LogP contribution in [0.2, 0.25) is 5.02 Å². The second kappa shape index (κ2) is 8.00. The summed E-state index contributed by atoms with van der Waals surface area (Å²) < 4.78 is 2.03. The molecule has 1 unspecified atom stereocenters. The number of hydrogen-bond acceptors (Lipinski definition) is 5. The third-order valence-corrected chi connectivity index (χ3v) is 5.87. The Labute approximate surface area is 172 Å². The number of nitrogens with zero attached hydrogens (tertiary/aromatic N) is 3. The number of halogens is 1. The number of urea groups is 1. The minimum absolute atomic E-state index is 0.0146. The lowest BCUT2D eigenvalue weighted by Gasteiger charge is -2.19. The summed E-state index contributed by atoms with van der Waals surface area (Å²) in [6.45, 7) is 6.24. The average Bonchev–Trinajstić information content (AvgIpc) is 3.10. The van der Waals surface area contributed by atoms with Crippen LogP contribution in [0.5, 0.6) is 0 Å². The number of rotatable bonds is 7. The molecule has 4 amide bonds. The van der Waals surface area contributed by atoms with Crippen molar-refractivity contribution in [2.24, 2.45) is 0 Å². The highest BCUT2D eigenvalue weighted by Crippen LogP contribution is 2.27. The lowest BCUT2D eigenvalue weighted by molar-refractivity contribution is -0.137. The van der Waals surface area contributed by atoms with Gasteiger partial charge in [-0.25, -0.2) is 9.78 Å². The number of imide groups is 1. The van der Waals surface area contributed by atoms with Crippen molar-refractivity contribution in [1.29, 1.82) is 0 Å². The number of benzene rings is 1. The Bertz CT molecular complexity index is 947. The molecule has 0 spiro atoms. The first-order valence-corrected chi connectivity index (χ1v) is 10.4. The van der Waals surface area contributed by atoms with Crippen LogP contribution in [0.25, 0.3) is 11.0 Å². The van der Waals surface area contributed by atoms with Crippen molar-refractivity contribution in [2.45, 2.75) is 50.9 Å². The SMILES string of the molecule is CCCn1c(SCC(=O)NN2C(=O)NC(C)(CC)C2=O)nc2cc(Cl)ccc21. The monoisotopic (exact) mass is 423 g/mol. The zero-order valence-corrected chi connectivity index (χ0v) is 17.5. The minimum atomic E-state index is -0.994. The number of nitrogens with one attached hydrogen (secondary N) is 2. The lowest BCUT2D eigenvalue weighted by atomic mass is 10.00. The molecule has 8 nitrogen and oxygen atoms in total. The van der Waals surface area contributed by atoms with Gasteiger partial charge in [-0.1, -0.05) is 37.2 Å². The van der Waals surface area contributed by atoms with E-state index in [9.17, 15) is 14.4 Å². The van der Waals surface area contributed by atoms with E-state index in [-0.39, 0.29) is 5.75 Å². The normalized spacial score (nSPS) is 19.4. The number of aromatic nitrogens is 2. The topological polar surface area (TPSA) is 96.3 Å². The smallest absolute Gasteiger partial charge is 0.322 e. The minimum Gasteiger partial charge on any atom is -0.322 e. The van der Waals surface area contributed by atoms with Crippen molar-refractivity contribution in [1.82, 2.24) is 25.3 Å². The van der Waals surface area contributed by atoms with Crippen molar-refractivity contribution in [3.05, 3.63) is 23.2 Å². The van der Waals surface area contributed by atoms with Crippen LogP contribution in [-0.4, -0.2) is 43.7 Å². The highest BCUT2D eigenvalue weighted by atomic mass is 35.5. The maximum Gasteiger partial charge on any atom is 0.344 e. The quantitative estimate of drug-likeness (QED) is 0.527. The standard InChI is InChI=1S/C18H22ClN5O3S/c1-4-8-23-13-7-6-11(19)9-12(13)20-17(23)28-10-14(25)22-24-15(26)18(3,5-2)21-16(24)27/h6-7,9H,4-5,8,10H2,1-3H3,(H,21,27)(H,22,25). The van der Waals surface area contributed by atoms with Gasteiger partial charge in [0.25, 0.3) is 5.91 Å². The summed E-state index contributed by atoms with van der Waals surface area (Å²) in [6.07, 6.45) is 1.34. The summed E-state index contributed by atoms with van der Waals surface area (Å²) >= 11 is 7.29. The molecule has 1 fully saturated rings. The molecule has 1 aliphatic rings. The van der Waals surface area contributed by atoms with Gasteiger partial charge >= 0.3 is 6.03 Å². The molecular weight excluding hydrogens is 402 g/mol. The van der Waals surface area contributed by atoms with E-state index in [4.69, 9.17) is 11.6 Å². The van der Waals surface area contributed by atoms with E-state index >= 15 is 0 Å². The first kappa shape index (κ1) is 20.5. The number of hydrazine groups is 1. The molecule has 28 heavy (non-hydrogen) atoms. The van der Waals surface area contributed by atoms with E-state index in [1.165, 1.54) is 11.8 Å². The summed E-state index contributed by atoms with van der Waals surface area (Å²) in [4.78, 5) is 41.3. The van der Waals surface area contributed by atoms with Crippen molar-refractivity contribution >= 4 is 52.2 Å². The Morgan fingerprint density at radius 1 is 1.36 bits per heavy atom. The fraction of sp³-hybridized carbons (Fsp3) is 0.444. The van der Waals surface area contributed by atoms with E-state index < -0.39 is 23.4 Å². The Morgan fingerprint density at radius 3 is 2.75 bits per heavy atom. The van der Waals surface area contributed by atoms with Gasteiger partial charge in [0.15, 0.2) is 5.16 Å². The maximum atomic E-state index is 12.4. The molecule has 0 radical (unpaired) electrons. The molecule has 2 heterocycles. The molecule has 1 aromatic heterocycles. The molecule has 1 aliphatic heterocycles. The molecule has 2 N–H and O–H groups in total. The number of carbonyl (C=O) groups is 3. The van der Waals surface area contributed by atoms with E-state index in [0.29, 0.717) is 16.6 Å². The Morgan fingerprint density at radius 2 is 2.11 bits per heavy atom. The molecule has 0 bridgehead atoms. The Hall–Kier alpha value is -2.26. The average molecular weight is 424 g/mol. The number of fused-ring (bicyclic) bond motifs is 1. The van der Waals surface area contributed by atoms with Gasteiger partial charge in [0.05, 0.1) is 16.8 Å². The van der Waals surface area contributed by atoms with Gasteiger partial charge in [-0.2, -0.15) is 5.01 Å². The number of thioether (sulfide) groups is 1. The third-order valence-electron chi connectivity index (χ3n) is 4.66. The molecule has 0 saturated carbocycles. The number of hydrogen-bond donors (Lipinski definition) is 2. The molecular formula is C18H22ClN5O3S. The van der Waals surface area contributed by atoms with Crippen LogP contribution in [0.4, 0.5) is 4.79 Å². The zero-order valence-electron chi connectivity index (χ0n) is 15.9. The fourth-order valence-electron chi connectivity index (χ4n) is 2.94. The molecule has 1 saturated heterocycles. The van der Waals surface area contributed by atoms with Crippen molar-refractivity contribution in [2.75, 3.05) is 5.75 Å². The molecule has 0 aliphatic carbocycles. The highest BCUT2D eigenvalue weighted by Gasteiger charge is 2.47. The van der Waals surface area contributed by atoms with Crippen LogP contribution in [-0.2, 0) is 16.1 Å². The number of aryl methyl sites for hydroxylation is 1. The molecule has 1 atom stereocenters. The maximum absolute atomic E-state index is 12.4. The highest BCUT2D eigenvalue weighted by molar-refractivity contribution is 7.99. The molecule has 150 valence electrons. The van der Waals surface area contributed by atoms with E-state index in [1.54, 1.807) is 26.0 Å². The van der Waals surface area contributed by atoms with Crippen molar-refractivity contribution in [3.8, 4) is 0 Å². The predicted molar refractivity (Wildman–Crippen MR) is 108 cm³/mol. The van der Waals surface area contributed by atoms with Crippen LogP contribution >= 0.6 is 23.4 Å². The van der Waals surface area contributed by atoms with Gasteiger partial charge in [0, 0.05) is 11.6 Å².